The molecule has 2 heterocycles. The minimum Gasteiger partial charge on any atom is -0.370 e. The first-order chi connectivity index (χ1) is 9.81. The third kappa shape index (κ3) is 4.19. The number of nitrogens with one attached hydrogen (secondary N) is 2. The van der Waals surface area contributed by atoms with Crippen LogP contribution in [0.1, 0.15) is 25.2 Å². The molecular weight excluding hydrogens is 250 g/mol. The Balaban J connectivity index is 1.96. The average molecular weight is 271 g/mol. The van der Waals surface area contributed by atoms with Crippen molar-refractivity contribution in [3.63, 3.8) is 0 Å². The van der Waals surface area contributed by atoms with Gasteiger partial charge in [-0.1, -0.05) is 13.0 Å². The smallest absolute Gasteiger partial charge is 0.132 e. The van der Waals surface area contributed by atoms with Gasteiger partial charge in [0.2, 0.25) is 0 Å². The summed E-state index contributed by atoms with van der Waals surface area (Å²) in [7, 11) is 0. The van der Waals surface area contributed by atoms with Crippen molar-refractivity contribution in [2.24, 2.45) is 0 Å². The Bertz CT molecular complexity index is 527. The van der Waals surface area contributed by atoms with E-state index in [1.165, 1.54) is 5.56 Å². The van der Waals surface area contributed by atoms with Crippen molar-refractivity contribution in [1.82, 2.24) is 15.0 Å². The monoisotopic (exact) mass is 271 g/mol. The van der Waals surface area contributed by atoms with Gasteiger partial charge in [-0.25, -0.2) is 9.97 Å². The SMILES string of the molecule is CCNc1cc(NCCc2cccnc2)nc(CC)n1. The van der Waals surface area contributed by atoms with Gasteiger partial charge in [0.1, 0.15) is 17.5 Å². The summed E-state index contributed by atoms with van der Waals surface area (Å²) in [6.07, 6.45) is 5.44. The van der Waals surface area contributed by atoms with Crippen LogP contribution in [0.4, 0.5) is 11.6 Å². The molecule has 0 saturated heterocycles. The van der Waals surface area contributed by atoms with Crippen molar-refractivity contribution in [3.8, 4) is 0 Å². The first-order valence-corrected chi connectivity index (χ1v) is 7.06. The van der Waals surface area contributed by atoms with Gasteiger partial charge in [0, 0.05) is 38.0 Å². The van der Waals surface area contributed by atoms with E-state index >= 15 is 0 Å². The predicted octanol–water partition coefficient (Wildman–Crippen LogP) is 2.52. The Morgan fingerprint density at radius 2 is 1.90 bits per heavy atom. The van der Waals surface area contributed by atoms with Crippen LogP contribution in [0.25, 0.3) is 0 Å². The standard InChI is InChI=1S/C15H21N5/c1-3-13-19-14(17-4-2)10-15(20-13)18-9-7-12-6-5-8-16-11-12/h5-6,8,10-11H,3-4,7,9H2,1-2H3,(H2,17,18,19,20). The number of hydrogen-bond donors (Lipinski definition) is 2. The summed E-state index contributed by atoms with van der Waals surface area (Å²) in [6, 6.07) is 5.99. The molecule has 0 radical (unpaired) electrons. The second-order valence-corrected chi connectivity index (χ2v) is 4.48. The molecule has 5 heteroatoms. The number of aromatic nitrogens is 3. The molecule has 0 saturated carbocycles. The van der Waals surface area contributed by atoms with E-state index in [4.69, 9.17) is 0 Å². The molecule has 0 unspecified atom stereocenters. The van der Waals surface area contributed by atoms with E-state index in [-0.39, 0.29) is 0 Å². The van der Waals surface area contributed by atoms with E-state index in [2.05, 4.69) is 45.5 Å². The number of pyridine rings is 1. The molecule has 20 heavy (non-hydrogen) atoms. The summed E-state index contributed by atoms with van der Waals surface area (Å²) < 4.78 is 0. The van der Waals surface area contributed by atoms with Crippen LogP contribution in [-0.2, 0) is 12.8 Å². The third-order valence-electron chi connectivity index (χ3n) is 2.89. The molecule has 0 fully saturated rings. The molecule has 0 atom stereocenters. The van der Waals surface area contributed by atoms with Crippen LogP contribution in [0, 0.1) is 0 Å². The maximum Gasteiger partial charge on any atom is 0.132 e. The Hall–Kier alpha value is -2.17. The zero-order chi connectivity index (χ0) is 14.2. The number of nitrogens with zero attached hydrogens (tertiary/aromatic N) is 3. The van der Waals surface area contributed by atoms with Crippen molar-refractivity contribution < 1.29 is 0 Å². The summed E-state index contributed by atoms with van der Waals surface area (Å²) in [5, 5.41) is 6.58. The second-order valence-electron chi connectivity index (χ2n) is 4.48. The summed E-state index contributed by atoms with van der Waals surface area (Å²) >= 11 is 0. The maximum atomic E-state index is 4.49. The quantitative estimate of drug-likeness (QED) is 0.810. The Morgan fingerprint density at radius 3 is 2.55 bits per heavy atom. The van der Waals surface area contributed by atoms with Gasteiger partial charge >= 0.3 is 0 Å². The van der Waals surface area contributed by atoms with Crippen molar-refractivity contribution in [2.75, 3.05) is 23.7 Å². The second kappa shape index (κ2) is 7.43. The molecule has 2 aromatic heterocycles. The molecule has 2 N–H and O–H groups in total. The van der Waals surface area contributed by atoms with E-state index in [0.717, 1.165) is 43.4 Å². The minimum absolute atomic E-state index is 0.830. The largest absolute Gasteiger partial charge is 0.370 e. The number of aryl methyl sites for hydroxylation is 1. The minimum atomic E-state index is 0.830. The molecule has 106 valence electrons. The van der Waals surface area contributed by atoms with Gasteiger partial charge in [0.05, 0.1) is 0 Å². The highest BCUT2D eigenvalue weighted by Gasteiger charge is 2.02. The lowest BCUT2D eigenvalue weighted by Crippen LogP contribution is -2.10. The molecule has 0 aliphatic heterocycles. The van der Waals surface area contributed by atoms with Gasteiger partial charge < -0.3 is 10.6 Å². The van der Waals surface area contributed by atoms with Gasteiger partial charge in [-0.3, -0.25) is 4.98 Å². The third-order valence-corrected chi connectivity index (χ3v) is 2.89. The van der Waals surface area contributed by atoms with Crippen molar-refractivity contribution in [3.05, 3.63) is 42.0 Å². The van der Waals surface area contributed by atoms with Crippen molar-refractivity contribution in [1.29, 1.82) is 0 Å². The van der Waals surface area contributed by atoms with Crippen LogP contribution < -0.4 is 10.6 Å². The number of hydrogen-bond acceptors (Lipinski definition) is 5. The summed E-state index contributed by atoms with van der Waals surface area (Å²) in [4.78, 5) is 13.0. The Labute approximate surface area is 119 Å². The zero-order valence-corrected chi connectivity index (χ0v) is 12.1. The molecule has 2 rings (SSSR count). The van der Waals surface area contributed by atoms with Crippen LogP contribution in [-0.4, -0.2) is 28.0 Å². The maximum absolute atomic E-state index is 4.49. The lowest BCUT2D eigenvalue weighted by Gasteiger charge is -2.10. The van der Waals surface area contributed by atoms with Crippen LogP contribution in [0.5, 0.6) is 0 Å². The summed E-state index contributed by atoms with van der Waals surface area (Å²) in [5.74, 6) is 2.60. The lowest BCUT2D eigenvalue weighted by atomic mass is 10.2. The van der Waals surface area contributed by atoms with Crippen LogP contribution in [0.2, 0.25) is 0 Å². The normalized spacial score (nSPS) is 10.3. The van der Waals surface area contributed by atoms with Crippen molar-refractivity contribution >= 4 is 11.6 Å². The Morgan fingerprint density at radius 1 is 1.10 bits per heavy atom. The zero-order valence-electron chi connectivity index (χ0n) is 12.1. The predicted molar refractivity (Wildman–Crippen MR) is 82.0 cm³/mol. The molecule has 0 aliphatic carbocycles. The van der Waals surface area contributed by atoms with Crippen LogP contribution in [0.15, 0.2) is 30.6 Å². The van der Waals surface area contributed by atoms with E-state index < -0.39 is 0 Å². The fourth-order valence-corrected chi connectivity index (χ4v) is 1.90. The molecule has 0 aromatic carbocycles. The van der Waals surface area contributed by atoms with Gasteiger partial charge in [0.25, 0.3) is 0 Å². The highest BCUT2D eigenvalue weighted by molar-refractivity contribution is 5.47. The lowest BCUT2D eigenvalue weighted by molar-refractivity contribution is 0.921. The molecule has 2 aromatic rings. The summed E-state index contributed by atoms with van der Waals surface area (Å²) in [5.41, 5.74) is 1.22. The molecule has 0 spiro atoms. The van der Waals surface area contributed by atoms with E-state index in [1.54, 1.807) is 6.20 Å². The van der Waals surface area contributed by atoms with Crippen LogP contribution in [0.3, 0.4) is 0 Å². The number of rotatable bonds is 7. The van der Waals surface area contributed by atoms with Gasteiger partial charge in [-0.15, -0.1) is 0 Å². The summed E-state index contributed by atoms with van der Waals surface area (Å²) in [6.45, 7) is 5.81. The molecule has 0 aliphatic rings. The van der Waals surface area contributed by atoms with E-state index in [1.807, 2.05) is 18.3 Å². The highest BCUT2D eigenvalue weighted by atomic mass is 15.1. The average Bonchev–Trinajstić information content (AvgIpc) is 2.48. The van der Waals surface area contributed by atoms with Gasteiger partial charge in [-0.05, 0) is 25.0 Å². The van der Waals surface area contributed by atoms with E-state index in [9.17, 15) is 0 Å². The molecule has 5 nitrogen and oxygen atoms in total. The molecule has 0 bridgehead atoms. The fourth-order valence-electron chi connectivity index (χ4n) is 1.90. The first-order valence-electron chi connectivity index (χ1n) is 7.06. The molecular formula is C15H21N5. The highest BCUT2D eigenvalue weighted by Crippen LogP contribution is 2.12. The van der Waals surface area contributed by atoms with Gasteiger partial charge in [-0.2, -0.15) is 0 Å². The first kappa shape index (κ1) is 14.2. The number of anilines is 2. The Kier molecular flexibility index (Phi) is 5.29. The van der Waals surface area contributed by atoms with Crippen molar-refractivity contribution in [2.45, 2.75) is 26.7 Å². The fraction of sp³-hybridized carbons (Fsp3) is 0.400. The topological polar surface area (TPSA) is 62.7 Å². The molecule has 0 amide bonds. The van der Waals surface area contributed by atoms with Gasteiger partial charge in [0.15, 0.2) is 0 Å². The van der Waals surface area contributed by atoms with E-state index in [0.29, 0.717) is 0 Å². The van der Waals surface area contributed by atoms with Crippen LogP contribution >= 0.6 is 0 Å².